The van der Waals surface area contributed by atoms with Crippen molar-refractivity contribution in [1.82, 2.24) is 10.2 Å². The summed E-state index contributed by atoms with van der Waals surface area (Å²) in [5, 5.41) is 3.90. The van der Waals surface area contributed by atoms with Crippen LogP contribution in [0, 0.1) is 11.7 Å². The molecule has 1 heterocycles. The Kier molecular flexibility index (Phi) is 5.47. The van der Waals surface area contributed by atoms with Gasteiger partial charge < -0.3 is 16.0 Å². The molecule has 3 atom stereocenters. The van der Waals surface area contributed by atoms with Gasteiger partial charge in [-0.3, -0.25) is 9.79 Å². The highest BCUT2D eigenvalue weighted by Gasteiger charge is 2.42. The minimum absolute atomic E-state index is 0.0663. The van der Waals surface area contributed by atoms with E-state index in [1.807, 2.05) is 0 Å². The molecule has 3 N–H and O–H groups in total. The van der Waals surface area contributed by atoms with Crippen LogP contribution in [0.25, 0.3) is 0 Å². The van der Waals surface area contributed by atoms with Crippen LogP contribution in [-0.4, -0.2) is 42.9 Å². The number of benzene rings is 1. The lowest BCUT2D eigenvalue weighted by Crippen LogP contribution is -2.48. The van der Waals surface area contributed by atoms with Gasteiger partial charge in [0.15, 0.2) is 5.96 Å². The normalized spacial score (nSPS) is 26.4. The van der Waals surface area contributed by atoms with Crippen molar-refractivity contribution >= 4 is 23.5 Å². The Labute approximate surface area is 152 Å². The molecule has 1 aromatic carbocycles. The van der Waals surface area contributed by atoms with E-state index >= 15 is 0 Å². The number of primary amides is 1. The van der Waals surface area contributed by atoms with E-state index in [2.05, 4.69) is 15.2 Å². The lowest BCUT2D eigenvalue weighted by Gasteiger charge is -2.34. The average molecular weight is 367 g/mol. The fraction of sp³-hybridized carbons (Fsp3) is 0.556. The number of hydrogen-bond acceptors (Lipinski definition) is 2. The summed E-state index contributed by atoms with van der Waals surface area (Å²) in [5.74, 6) is 0.620. The quantitative estimate of drug-likeness (QED) is 0.635. The Morgan fingerprint density at radius 2 is 2.32 bits per heavy atom. The summed E-state index contributed by atoms with van der Waals surface area (Å²) in [6.45, 7) is 1.66. The molecule has 1 aliphatic heterocycles. The minimum Gasteiger partial charge on any atom is -0.370 e. The van der Waals surface area contributed by atoms with Crippen molar-refractivity contribution in [2.75, 3.05) is 20.1 Å². The number of carbonyl (C=O) groups excluding carboxylic acids is 1. The summed E-state index contributed by atoms with van der Waals surface area (Å²) in [7, 11) is 1.74. The number of nitrogens with zero attached hydrogens (tertiary/aromatic N) is 2. The van der Waals surface area contributed by atoms with Crippen LogP contribution in [0.2, 0.25) is 5.02 Å². The molecule has 25 heavy (non-hydrogen) atoms. The fourth-order valence-corrected chi connectivity index (χ4v) is 4.01. The number of nitrogens with one attached hydrogen (secondary N) is 1. The predicted molar refractivity (Wildman–Crippen MR) is 97.2 cm³/mol. The summed E-state index contributed by atoms with van der Waals surface area (Å²) in [6.07, 6.45) is 3.25. The highest BCUT2D eigenvalue weighted by molar-refractivity contribution is 6.31. The lowest BCUT2D eigenvalue weighted by molar-refractivity contribution is -0.119. The van der Waals surface area contributed by atoms with Crippen molar-refractivity contribution in [3.05, 3.63) is 34.6 Å². The van der Waals surface area contributed by atoms with Gasteiger partial charge in [0.25, 0.3) is 0 Å². The highest BCUT2D eigenvalue weighted by atomic mass is 35.5. The zero-order valence-electron chi connectivity index (χ0n) is 14.3. The molecule has 1 amide bonds. The number of halogens is 2. The van der Waals surface area contributed by atoms with Gasteiger partial charge in [-0.2, -0.15) is 0 Å². The Hall–Kier alpha value is -1.82. The molecular weight excluding hydrogens is 343 g/mol. The van der Waals surface area contributed by atoms with Crippen molar-refractivity contribution < 1.29 is 9.18 Å². The van der Waals surface area contributed by atoms with Crippen LogP contribution >= 0.6 is 11.6 Å². The second-order valence-corrected chi connectivity index (χ2v) is 7.31. The first-order chi connectivity index (χ1) is 12.0. The van der Waals surface area contributed by atoms with E-state index in [1.54, 1.807) is 19.2 Å². The summed E-state index contributed by atoms with van der Waals surface area (Å²) >= 11 is 6.16. The van der Waals surface area contributed by atoms with E-state index in [0.717, 1.165) is 38.3 Å². The molecule has 1 saturated carbocycles. The Bertz CT molecular complexity index is 661. The van der Waals surface area contributed by atoms with E-state index in [4.69, 9.17) is 17.3 Å². The number of guanidine groups is 1. The second-order valence-electron chi connectivity index (χ2n) is 6.90. The molecule has 3 rings (SSSR count). The van der Waals surface area contributed by atoms with E-state index in [0.29, 0.717) is 17.0 Å². The Balaban J connectivity index is 1.61. The van der Waals surface area contributed by atoms with Crippen LogP contribution < -0.4 is 11.1 Å². The van der Waals surface area contributed by atoms with Crippen LogP contribution in [0.3, 0.4) is 0 Å². The van der Waals surface area contributed by atoms with Crippen LogP contribution in [0.5, 0.6) is 0 Å². The number of aliphatic imine (C=N–C) groups is 1. The molecule has 5 nitrogen and oxygen atoms in total. The molecule has 1 aromatic rings. The standard InChI is InChI=1S/C18H24ClFN4O/c1-22-18(24-7-3-4-11(10-24)8-16(21)25)23-15-9-12(15)17-13(19)5-2-6-14(17)20/h2,5-6,11-12,15H,3-4,7-10H2,1H3,(H2,21,25)(H,22,23). The number of hydrogen-bond donors (Lipinski definition) is 2. The molecule has 2 aliphatic rings. The summed E-state index contributed by atoms with van der Waals surface area (Å²) in [4.78, 5) is 17.7. The number of piperidine rings is 1. The molecule has 2 fully saturated rings. The topological polar surface area (TPSA) is 70.7 Å². The van der Waals surface area contributed by atoms with Crippen LogP contribution in [0.15, 0.2) is 23.2 Å². The number of likely N-dealkylation sites (tertiary alicyclic amines) is 1. The van der Waals surface area contributed by atoms with Crippen LogP contribution in [-0.2, 0) is 4.79 Å². The molecule has 0 spiro atoms. The zero-order chi connectivity index (χ0) is 18.0. The lowest BCUT2D eigenvalue weighted by atomic mass is 9.95. The molecule has 136 valence electrons. The highest BCUT2D eigenvalue weighted by Crippen LogP contribution is 2.45. The van der Waals surface area contributed by atoms with Gasteiger partial charge in [-0.25, -0.2) is 4.39 Å². The summed E-state index contributed by atoms with van der Waals surface area (Å²) in [6, 6.07) is 4.93. The van der Waals surface area contributed by atoms with Gasteiger partial charge in [0.05, 0.1) is 0 Å². The van der Waals surface area contributed by atoms with E-state index in [9.17, 15) is 9.18 Å². The molecule has 1 saturated heterocycles. The molecule has 0 aromatic heterocycles. The monoisotopic (exact) mass is 366 g/mol. The Morgan fingerprint density at radius 3 is 3.00 bits per heavy atom. The fourth-order valence-electron chi connectivity index (χ4n) is 3.71. The average Bonchev–Trinajstić information content (AvgIpc) is 3.31. The summed E-state index contributed by atoms with van der Waals surface area (Å²) < 4.78 is 14.1. The maximum atomic E-state index is 14.1. The first kappa shape index (κ1) is 18.0. The number of carbonyl (C=O) groups is 1. The zero-order valence-corrected chi connectivity index (χ0v) is 15.1. The maximum Gasteiger partial charge on any atom is 0.217 e. The third-order valence-corrected chi connectivity index (χ3v) is 5.33. The molecule has 7 heteroatoms. The van der Waals surface area contributed by atoms with Gasteiger partial charge in [-0.15, -0.1) is 0 Å². The first-order valence-electron chi connectivity index (χ1n) is 8.70. The van der Waals surface area contributed by atoms with Crippen molar-refractivity contribution in [3.8, 4) is 0 Å². The molecule has 0 radical (unpaired) electrons. The van der Waals surface area contributed by atoms with Gasteiger partial charge >= 0.3 is 0 Å². The van der Waals surface area contributed by atoms with E-state index < -0.39 is 0 Å². The van der Waals surface area contributed by atoms with Crippen LogP contribution in [0.1, 0.15) is 37.2 Å². The molecule has 1 aliphatic carbocycles. The van der Waals surface area contributed by atoms with E-state index in [1.165, 1.54) is 6.07 Å². The predicted octanol–water partition coefficient (Wildman–Crippen LogP) is 2.50. The van der Waals surface area contributed by atoms with Gasteiger partial charge in [-0.05, 0) is 37.3 Å². The molecule has 3 unspecified atom stereocenters. The number of rotatable bonds is 4. The number of nitrogens with two attached hydrogens (primary N) is 1. The smallest absolute Gasteiger partial charge is 0.217 e. The van der Waals surface area contributed by atoms with Crippen molar-refractivity contribution in [2.24, 2.45) is 16.6 Å². The van der Waals surface area contributed by atoms with Crippen molar-refractivity contribution in [2.45, 2.75) is 37.6 Å². The number of amides is 1. The van der Waals surface area contributed by atoms with Crippen molar-refractivity contribution in [1.29, 1.82) is 0 Å². The summed E-state index contributed by atoms with van der Waals surface area (Å²) in [5.41, 5.74) is 5.91. The third-order valence-electron chi connectivity index (χ3n) is 5.00. The molecule has 0 bridgehead atoms. The van der Waals surface area contributed by atoms with Gasteiger partial charge in [0.1, 0.15) is 5.82 Å². The SMILES string of the molecule is CN=C(NC1CC1c1c(F)cccc1Cl)N1CCCC(CC(N)=O)C1. The van der Waals surface area contributed by atoms with E-state index in [-0.39, 0.29) is 29.6 Å². The van der Waals surface area contributed by atoms with Gasteiger partial charge in [0, 0.05) is 49.1 Å². The minimum atomic E-state index is -0.258. The van der Waals surface area contributed by atoms with Crippen molar-refractivity contribution in [3.63, 3.8) is 0 Å². The van der Waals surface area contributed by atoms with Crippen LogP contribution in [0.4, 0.5) is 4.39 Å². The van der Waals surface area contributed by atoms with Gasteiger partial charge in [0.2, 0.25) is 5.91 Å². The Morgan fingerprint density at radius 1 is 1.52 bits per heavy atom. The third kappa shape index (κ3) is 4.24. The maximum absolute atomic E-state index is 14.1. The second kappa shape index (κ2) is 7.60. The van der Waals surface area contributed by atoms with Gasteiger partial charge in [-0.1, -0.05) is 17.7 Å². The largest absolute Gasteiger partial charge is 0.370 e. The first-order valence-corrected chi connectivity index (χ1v) is 9.08. The molecular formula is C18H24ClFN4O.